The maximum atomic E-state index is 11.4. The quantitative estimate of drug-likeness (QED) is 0.703. The van der Waals surface area contributed by atoms with Gasteiger partial charge in [-0.3, -0.25) is 9.78 Å². The van der Waals surface area contributed by atoms with Crippen molar-refractivity contribution in [2.45, 2.75) is 32.3 Å². The van der Waals surface area contributed by atoms with Gasteiger partial charge in [0.2, 0.25) is 5.91 Å². The Morgan fingerprint density at radius 2 is 2.38 bits per heavy atom. The molecule has 88 valence electrons. The van der Waals surface area contributed by atoms with E-state index < -0.39 is 0 Å². The lowest BCUT2D eigenvalue weighted by Gasteiger charge is -2.06. The van der Waals surface area contributed by atoms with Gasteiger partial charge in [0.1, 0.15) is 0 Å². The van der Waals surface area contributed by atoms with Crippen LogP contribution in [0.25, 0.3) is 0 Å². The zero-order valence-corrected chi connectivity index (χ0v) is 9.52. The van der Waals surface area contributed by atoms with Crippen LogP contribution in [0.15, 0.2) is 24.4 Å². The molecule has 16 heavy (non-hydrogen) atoms. The fourth-order valence-corrected chi connectivity index (χ4v) is 1.35. The van der Waals surface area contributed by atoms with Crippen LogP contribution in [-0.4, -0.2) is 28.6 Å². The second kappa shape index (κ2) is 6.95. The summed E-state index contributed by atoms with van der Waals surface area (Å²) in [6.07, 6.45) is 3.20. The van der Waals surface area contributed by atoms with Gasteiger partial charge >= 0.3 is 0 Å². The molecule has 0 bridgehead atoms. The Kier molecular flexibility index (Phi) is 5.50. The minimum absolute atomic E-state index is 0.0238. The number of aliphatic hydroxyl groups excluding tert-OH is 1. The molecular formula is C12H18N2O2. The molecule has 1 atom stereocenters. The van der Waals surface area contributed by atoms with Gasteiger partial charge in [-0.15, -0.1) is 0 Å². The second-order valence-corrected chi connectivity index (χ2v) is 3.84. The van der Waals surface area contributed by atoms with Crippen LogP contribution in [0.4, 0.5) is 0 Å². The number of rotatable bonds is 6. The maximum Gasteiger partial charge on any atom is 0.226 e. The Hall–Kier alpha value is -1.42. The van der Waals surface area contributed by atoms with E-state index in [9.17, 15) is 4.79 Å². The van der Waals surface area contributed by atoms with Gasteiger partial charge in [-0.1, -0.05) is 6.07 Å². The number of aromatic nitrogens is 1. The molecule has 1 aromatic rings. The average molecular weight is 222 g/mol. The molecule has 1 rings (SSSR count). The van der Waals surface area contributed by atoms with Crippen molar-refractivity contribution in [3.8, 4) is 0 Å². The van der Waals surface area contributed by atoms with Gasteiger partial charge < -0.3 is 10.4 Å². The molecule has 4 nitrogen and oxygen atoms in total. The van der Waals surface area contributed by atoms with Crippen molar-refractivity contribution in [1.82, 2.24) is 10.3 Å². The molecule has 0 saturated carbocycles. The first kappa shape index (κ1) is 12.6. The molecule has 0 aliphatic carbocycles. The first-order valence-corrected chi connectivity index (χ1v) is 5.53. The summed E-state index contributed by atoms with van der Waals surface area (Å²) in [5.74, 6) is -0.0238. The van der Waals surface area contributed by atoms with Gasteiger partial charge in [-0.05, 0) is 31.9 Å². The number of hydrogen-bond acceptors (Lipinski definition) is 3. The molecular weight excluding hydrogens is 204 g/mol. The highest BCUT2D eigenvalue weighted by molar-refractivity contribution is 5.77. The zero-order valence-electron chi connectivity index (χ0n) is 9.52. The molecule has 1 aromatic heterocycles. The number of carbonyl (C=O) groups excluding carboxylic acids is 1. The smallest absolute Gasteiger partial charge is 0.226 e. The molecule has 2 N–H and O–H groups in total. The summed E-state index contributed by atoms with van der Waals surface area (Å²) in [4.78, 5) is 15.5. The van der Waals surface area contributed by atoms with Gasteiger partial charge in [-0.2, -0.15) is 0 Å². The van der Waals surface area contributed by atoms with Gasteiger partial charge in [0, 0.05) is 18.4 Å². The monoisotopic (exact) mass is 222 g/mol. The molecule has 0 fully saturated rings. The average Bonchev–Trinajstić information content (AvgIpc) is 2.25. The van der Waals surface area contributed by atoms with Crippen LogP contribution >= 0.6 is 0 Å². The summed E-state index contributed by atoms with van der Waals surface area (Å²) < 4.78 is 0. The van der Waals surface area contributed by atoms with E-state index in [0.717, 1.165) is 12.1 Å². The van der Waals surface area contributed by atoms with Gasteiger partial charge in [0.15, 0.2) is 0 Å². The van der Waals surface area contributed by atoms with Gasteiger partial charge in [-0.25, -0.2) is 0 Å². The van der Waals surface area contributed by atoms with Crippen LogP contribution in [-0.2, 0) is 11.2 Å². The molecule has 4 heteroatoms. The van der Waals surface area contributed by atoms with Crippen molar-refractivity contribution in [1.29, 1.82) is 0 Å². The third-order valence-electron chi connectivity index (χ3n) is 2.19. The Balaban J connectivity index is 2.17. The highest BCUT2D eigenvalue weighted by atomic mass is 16.3. The summed E-state index contributed by atoms with van der Waals surface area (Å²) in [7, 11) is 0. The SMILES string of the molecule is CC(O)CCCNC(=O)Cc1ccccn1. The molecule has 0 aliphatic heterocycles. The van der Waals surface area contributed by atoms with Gasteiger partial charge in [0.05, 0.1) is 12.5 Å². The number of nitrogens with one attached hydrogen (secondary N) is 1. The van der Waals surface area contributed by atoms with E-state index in [1.54, 1.807) is 13.1 Å². The minimum Gasteiger partial charge on any atom is -0.393 e. The molecule has 0 radical (unpaired) electrons. The lowest BCUT2D eigenvalue weighted by atomic mass is 10.2. The number of pyridine rings is 1. The third-order valence-corrected chi connectivity index (χ3v) is 2.19. The molecule has 0 aromatic carbocycles. The van der Waals surface area contributed by atoms with E-state index in [-0.39, 0.29) is 12.0 Å². The van der Waals surface area contributed by atoms with Crippen molar-refractivity contribution < 1.29 is 9.90 Å². The van der Waals surface area contributed by atoms with Crippen molar-refractivity contribution in [3.63, 3.8) is 0 Å². The highest BCUT2D eigenvalue weighted by Crippen LogP contribution is 1.96. The summed E-state index contributed by atoms with van der Waals surface area (Å²) >= 11 is 0. The highest BCUT2D eigenvalue weighted by Gasteiger charge is 2.03. The lowest BCUT2D eigenvalue weighted by molar-refractivity contribution is -0.120. The maximum absolute atomic E-state index is 11.4. The molecule has 0 saturated heterocycles. The van der Waals surface area contributed by atoms with E-state index in [0.29, 0.717) is 19.4 Å². The summed E-state index contributed by atoms with van der Waals surface area (Å²) in [5, 5.41) is 11.8. The fourth-order valence-electron chi connectivity index (χ4n) is 1.35. The predicted octanol–water partition coefficient (Wildman–Crippen LogP) is 0.901. The zero-order chi connectivity index (χ0) is 11.8. The van der Waals surface area contributed by atoms with E-state index in [2.05, 4.69) is 10.3 Å². The van der Waals surface area contributed by atoms with Gasteiger partial charge in [0.25, 0.3) is 0 Å². The largest absolute Gasteiger partial charge is 0.393 e. The number of nitrogens with zero attached hydrogens (tertiary/aromatic N) is 1. The third kappa shape index (κ3) is 5.46. The predicted molar refractivity (Wildman–Crippen MR) is 61.9 cm³/mol. The second-order valence-electron chi connectivity index (χ2n) is 3.84. The van der Waals surface area contributed by atoms with Crippen LogP contribution in [0.3, 0.4) is 0 Å². The van der Waals surface area contributed by atoms with Crippen molar-refractivity contribution in [3.05, 3.63) is 30.1 Å². The Labute approximate surface area is 95.7 Å². The van der Waals surface area contributed by atoms with Crippen LogP contribution in [0.2, 0.25) is 0 Å². The summed E-state index contributed by atoms with van der Waals surface area (Å²) in [5.41, 5.74) is 0.774. The Morgan fingerprint density at radius 1 is 1.56 bits per heavy atom. The topological polar surface area (TPSA) is 62.2 Å². The molecule has 1 unspecified atom stereocenters. The van der Waals surface area contributed by atoms with Crippen molar-refractivity contribution >= 4 is 5.91 Å². The lowest BCUT2D eigenvalue weighted by Crippen LogP contribution is -2.26. The van der Waals surface area contributed by atoms with Crippen molar-refractivity contribution in [2.24, 2.45) is 0 Å². The molecule has 1 amide bonds. The fraction of sp³-hybridized carbons (Fsp3) is 0.500. The minimum atomic E-state index is -0.298. The molecule has 1 heterocycles. The summed E-state index contributed by atoms with van der Waals surface area (Å²) in [6.45, 7) is 2.35. The molecule has 0 aliphatic rings. The van der Waals surface area contributed by atoms with Crippen molar-refractivity contribution in [2.75, 3.05) is 6.54 Å². The number of aliphatic hydroxyl groups is 1. The van der Waals surface area contributed by atoms with Crippen LogP contribution in [0.5, 0.6) is 0 Å². The summed E-state index contributed by atoms with van der Waals surface area (Å²) in [6, 6.07) is 5.52. The standard InChI is InChI=1S/C12H18N2O2/c1-10(15)5-4-8-14-12(16)9-11-6-2-3-7-13-11/h2-3,6-7,10,15H,4-5,8-9H2,1H3,(H,14,16). The number of carbonyl (C=O) groups is 1. The van der Waals surface area contributed by atoms with Crippen LogP contribution < -0.4 is 5.32 Å². The Bertz CT molecular complexity index is 312. The van der Waals surface area contributed by atoms with E-state index >= 15 is 0 Å². The number of amides is 1. The van der Waals surface area contributed by atoms with E-state index in [1.165, 1.54) is 0 Å². The van der Waals surface area contributed by atoms with E-state index in [4.69, 9.17) is 5.11 Å². The number of hydrogen-bond donors (Lipinski definition) is 2. The normalized spacial score (nSPS) is 12.1. The molecule has 0 spiro atoms. The van der Waals surface area contributed by atoms with Crippen LogP contribution in [0, 0.1) is 0 Å². The van der Waals surface area contributed by atoms with E-state index in [1.807, 2.05) is 18.2 Å². The van der Waals surface area contributed by atoms with Crippen LogP contribution in [0.1, 0.15) is 25.5 Å². The first-order chi connectivity index (χ1) is 7.68. The Morgan fingerprint density at radius 3 is 3.00 bits per heavy atom. The first-order valence-electron chi connectivity index (χ1n) is 5.53.